The van der Waals surface area contributed by atoms with E-state index in [2.05, 4.69) is 22.2 Å². The molecule has 12 heteroatoms. The minimum Gasteiger partial charge on any atom is -0.484 e. The fraction of sp³-hybridized carbons (Fsp3) is 0.235. The fourth-order valence-electron chi connectivity index (χ4n) is 1.91. The summed E-state index contributed by atoms with van der Waals surface area (Å²) < 4.78 is 42.8. The highest BCUT2D eigenvalue weighted by atomic mass is 35.5. The Hall–Kier alpha value is -2.30. The van der Waals surface area contributed by atoms with Gasteiger partial charge in [0.15, 0.2) is 11.6 Å². The number of rotatable bonds is 8. The quantitative estimate of drug-likeness (QED) is 0.606. The summed E-state index contributed by atoms with van der Waals surface area (Å²) >= 11 is 11.9. The lowest BCUT2D eigenvalue weighted by Crippen LogP contribution is -2.31. The molecule has 0 aliphatic carbocycles. The normalized spacial score (nSPS) is 11.1. The second-order valence-corrected chi connectivity index (χ2v) is 7.23. The summed E-state index contributed by atoms with van der Waals surface area (Å²) in [6.07, 6.45) is -4.44. The van der Waals surface area contributed by atoms with E-state index in [-0.39, 0.29) is 31.0 Å². The Balaban J connectivity index is 1.70. The van der Waals surface area contributed by atoms with Gasteiger partial charge in [0.05, 0.1) is 10.0 Å². The Labute approximate surface area is 177 Å². The summed E-state index contributed by atoms with van der Waals surface area (Å²) in [5, 5.41) is 5.43. The molecule has 0 bridgehead atoms. The van der Waals surface area contributed by atoms with Gasteiger partial charge in [0.25, 0.3) is 11.8 Å². The first-order chi connectivity index (χ1) is 13.6. The summed E-state index contributed by atoms with van der Waals surface area (Å²) in [5.74, 6) is -0.867. The number of nitrogens with zero attached hydrogens (tertiary/aromatic N) is 1. The first kappa shape index (κ1) is 23.0. The maximum atomic E-state index is 12.5. The molecule has 0 unspecified atom stereocenters. The molecule has 0 atom stereocenters. The monoisotopic (exact) mass is 467 g/mol. The summed E-state index contributed by atoms with van der Waals surface area (Å²) in [6, 6.07) is 4.56. The lowest BCUT2D eigenvalue weighted by Gasteiger charge is -2.10. The second-order valence-electron chi connectivity index (χ2n) is 5.56. The standard InChI is InChI=1S/C17H14Cl2F3N3O3S/c1-9(24-15(27)13-8-29-16(25-13)17(20,21)22)4-5-23-14(26)7-28-10-2-3-11(18)12(19)6-10/h2-3,6,8H,1,4-5,7H2,(H,23,26)(H,24,27). The molecule has 29 heavy (non-hydrogen) atoms. The van der Waals surface area contributed by atoms with Gasteiger partial charge in [0.1, 0.15) is 11.4 Å². The number of ether oxygens (including phenoxy) is 1. The van der Waals surface area contributed by atoms with Gasteiger partial charge in [-0.1, -0.05) is 29.8 Å². The minimum atomic E-state index is -4.61. The van der Waals surface area contributed by atoms with Crippen molar-refractivity contribution in [1.29, 1.82) is 0 Å². The van der Waals surface area contributed by atoms with E-state index in [9.17, 15) is 22.8 Å². The topological polar surface area (TPSA) is 80.3 Å². The molecule has 1 aromatic heterocycles. The number of alkyl halides is 3. The Kier molecular flexibility index (Phi) is 7.88. The Bertz CT molecular complexity index is 919. The van der Waals surface area contributed by atoms with Crippen LogP contribution in [0.4, 0.5) is 13.2 Å². The van der Waals surface area contributed by atoms with Crippen LogP contribution in [-0.2, 0) is 11.0 Å². The van der Waals surface area contributed by atoms with Gasteiger partial charge in [0.2, 0.25) is 0 Å². The SMILES string of the molecule is C=C(CCNC(=O)COc1ccc(Cl)c(Cl)c1)NC(=O)c1csc(C(F)(F)F)n1. The van der Waals surface area contributed by atoms with Crippen molar-refractivity contribution in [3.05, 3.63) is 56.6 Å². The molecule has 2 amide bonds. The summed E-state index contributed by atoms with van der Waals surface area (Å²) in [6.45, 7) is 3.46. The van der Waals surface area contributed by atoms with Crippen molar-refractivity contribution < 1.29 is 27.5 Å². The lowest BCUT2D eigenvalue weighted by atomic mass is 10.3. The smallest absolute Gasteiger partial charge is 0.443 e. The van der Waals surface area contributed by atoms with Crippen LogP contribution in [0, 0.1) is 0 Å². The van der Waals surface area contributed by atoms with Gasteiger partial charge in [-0.05, 0) is 12.1 Å². The van der Waals surface area contributed by atoms with Gasteiger partial charge in [-0.15, -0.1) is 11.3 Å². The van der Waals surface area contributed by atoms with E-state index in [1.807, 2.05) is 0 Å². The molecule has 0 saturated heterocycles. The number of benzene rings is 1. The zero-order chi connectivity index (χ0) is 21.6. The molecule has 2 N–H and O–H groups in total. The lowest BCUT2D eigenvalue weighted by molar-refractivity contribution is -0.137. The summed E-state index contributed by atoms with van der Waals surface area (Å²) in [7, 11) is 0. The Morgan fingerprint density at radius 3 is 2.59 bits per heavy atom. The number of hydrogen-bond donors (Lipinski definition) is 2. The molecule has 1 heterocycles. The van der Waals surface area contributed by atoms with Crippen LogP contribution >= 0.6 is 34.5 Å². The van der Waals surface area contributed by atoms with Crippen molar-refractivity contribution in [2.24, 2.45) is 0 Å². The molecule has 2 rings (SSSR count). The van der Waals surface area contributed by atoms with E-state index >= 15 is 0 Å². The molecule has 0 aliphatic rings. The number of carbonyl (C=O) groups is 2. The molecule has 1 aromatic carbocycles. The van der Waals surface area contributed by atoms with Crippen molar-refractivity contribution in [1.82, 2.24) is 15.6 Å². The minimum absolute atomic E-state index is 0.132. The van der Waals surface area contributed by atoms with Crippen LogP contribution in [0.2, 0.25) is 10.0 Å². The maximum Gasteiger partial charge on any atom is 0.443 e. The molecule has 0 aliphatic heterocycles. The Morgan fingerprint density at radius 1 is 1.24 bits per heavy atom. The highest BCUT2D eigenvalue weighted by Crippen LogP contribution is 2.31. The maximum absolute atomic E-state index is 12.5. The van der Waals surface area contributed by atoms with E-state index in [0.717, 1.165) is 5.38 Å². The van der Waals surface area contributed by atoms with Crippen molar-refractivity contribution in [2.45, 2.75) is 12.6 Å². The van der Waals surface area contributed by atoms with Gasteiger partial charge >= 0.3 is 6.18 Å². The summed E-state index contributed by atoms with van der Waals surface area (Å²) in [4.78, 5) is 26.9. The third-order valence-electron chi connectivity index (χ3n) is 3.28. The third-order valence-corrected chi connectivity index (χ3v) is 4.91. The molecule has 2 aromatic rings. The van der Waals surface area contributed by atoms with Crippen molar-refractivity contribution in [3.63, 3.8) is 0 Å². The van der Waals surface area contributed by atoms with E-state index in [1.54, 1.807) is 6.07 Å². The zero-order valence-electron chi connectivity index (χ0n) is 14.6. The van der Waals surface area contributed by atoms with Gasteiger partial charge < -0.3 is 15.4 Å². The van der Waals surface area contributed by atoms with Gasteiger partial charge in [-0.3, -0.25) is 9.59 Å². The average Bonchev–Trinajstić information content (AvgIpc) is 3.13. The van der Waals surface area contributed by atoms with Crippen LogP contribution in [0.3, 0.4) is 0 Å². The number of halogens is 5. The molecule has 156 valence electrons. The number of carbonyl (C=O) groups excluding carboxylic acids is 2. The second kappa shape index (κ2) is 9.95. The van der Waals surface area contributed by atoms with Crippen LogP contribution in [0.25, 0.3) is 0 Å². The van der Waals surface area contributed by atoms with Gasteiger partial charge in [-0.2, -0.15) is 13.2 Å². The van der Waals surface area contributed by atoms with E-state index < -0.39 is 23.0 Å². The van der Waals surface area contributed by atoms with Gasteiger partial charge in [0, 0.05) is 30.1 Å². The largest absolute Gasteiger partial charge is 0.484 e. The van der Waals surface area contributed by atoms with Crippen LogP contribution in [-0.4, -0.2) is 29.9 Å². The predicted octanol–water partition coefficient (Wildman–Crippen LogP) is 4.30. The molecule has 6 nitrogen and oxygen atoms in total. The van der Waals surface area contributed by atoms with Crippen molar-refractivity contribution in [3.8, 4) is 5.75 Å². The van der Waals surface area contributed by atoms with Crippen molar-refractivity contribution >= 4 is 46.4 Å². The van der Waals surface area contributed by atoms with Crippen LogP contribution in [0.15, 0.2) is 35.9 Å². The van der Waals surface area contributed by atoms with Crippen molar-refractivity contribution in [2.75, 3.05) is 13.2 Å². The third kappa shape index (κ3) is 7.22. The highest BCUT2D eigenvalue weighted by molar-refractivity contribution is 7.10. The van der Waals surface area contributed by atoms with E-state index in [4.69, 9.17) is 27.9 Å². The molecule has 0 fully saturated rings. The number of thiazole rings is 1. The average molecular weight is 468 g/mol. The van der Waals surface area contributed by atoms with Crippen LogP contribution < -0.4 is 15.4 Å². The first-order valence-electron chi connectivity index (χ1n) is 7.92. The summed E-state index contributed by atoms with van der Waals surface area (Å²) in [5.41, 5.74) is -0.148. The molecule has 0 saturated carbocycles. The molecule has 0 radical (unpaired) electrons. The van der Waals surface area contributed by atoms with Crippen LogP contribution in [0.1, 0.15) is 21.9 Å². The van der Waals surface area contributed by atoms with E-state index in [0.29, 0.717) is 27.1 Å². The molecule has 0 spiro atoms. The van der Waals surface area contributed by atoms with Gasteiger partial charge in [-0.25, -0.2) is 4.98 Å². The number of nitrogens with one attached hydrogen (secondary N) is 2. The fourth-order valence-corrected chi connectivity index (χ4v) is 2.87. The molecular weight excluding hydrogens is 454 g/mol. The number of amides is 2. The Morgan fingerprint density at radius 2 is 1.97 bits per heavy atom. The number of aromatic nitrogens is 1. The van der Waals surface area contributed by atoms with Crippen LogP contribution in [0.5, 0.6) is 5.75 Å². The predicted molar refractivity (Wildman–Crippen MR) is 103 cm³/mol. The molecular formula is C17H14Cl2F3N3O3S. The highest BCUT2D eigenvalue weighted by Gasteiger charge is 2.35. The zero-order valence-corrected chi connectivity index (χ0v) is 16.9. The van der Waals surface area contributed by atoms with E-state index in [1.165, 1.54) is 12.1 Å². The number of hydrogen-bond acceptors (Lipinski definition) is 5. The first-order valence-corrected chi connectivity index (χ1v) is 9.56.